The van der Waals surface area contributed by atoms with Crippen LogP contribution in [0.3, 0.4) is 0 Å². The van der Waals surface area contributed by atoms with Crippen molar-refractivity contribution in [3.05, 3.63) is 69.4 Å². The molecule has 1 N–H and O–H groups in total. The van der Waals surface area contributed by atoms with Gasteiger partial charge in [-0.05, 0) is 86.1 Å². The maximum atomic E-state index is 14.1. The summed E-state index contributed by atoms with van der Waals surface area (Å²) in [5.41, 5.74) is -1.48. The fraction of sp³-hybridized carbons (Fsp3) is 0.370. The molecule has 0 saturated heterocycles. The summed E-state index contributed by atoms with van der Waals surface area (Å²) in [5, 5.41) is 0. The molecule has 2 aromatic carbocycles. The third kappa shape index (κ3) is 4.96. The van der Waals surface area contributed by atoms with Crippen molar-refractivity contribution in [2.45, 2.75) is 48.6 Å². The zero-order valence-corrected chi connectivity index (χ0v) is 24.5. The van der Waals surface area contributed by atoms with E-state index < -0.39 is 37.2 Å². The second kappa shape index (κ2) is 10.3. The van der Waals surface area contributed by atoms with E-state index >= 15 is 0 Å². The lowest BCUT2D eigenvalue weighted by Crippen LogP contribution is -2.41. The molecule has 2 heterocycles. The Bertz CT molecular complexity index is 1910. The summed E-state index contributed by atoms with van der Waals surface area (Å²) in [7, 11) is -6.87. The lowest BCUT2D eigenvalue weighted by molar-refractivity contribution is 0.414. The number of fused-ring (bicyclic) bond motifs is 1. The van der Waals surface area contributed by atoms with Crippen LogP contribution in [-0.4, -0.2) is 50.2 Å². The number of anilines is 1. The molecule has 42 heavy (non-hydrogen) atoms. The average Bonchev–Trinajstić information content (AvgIpc) is 3.92. The molecule has 2 aromatic heterocycles. The predicted molar refractivity (Wildman–Crippen MR) is 153 cm³/mol. The Hall–Kier alpha value is -4.11. The van der Waals surface area contributed by atoms with Gasteiger partial charge in [-0.1, -0.05) is 0 Å². The van der Waals surface area contributed by atoms with Crippen molar-refractivity contribution in [3.8, 4) is 11.5 Å². The molecule has 222 valence electrons. The molecule has 2 saturated carbocycles. The second-order valence-corrected chi connectivity index (χ2v) is 14.3. The van der Waals surface area contributed by atoms with Crippen molar-refractivity contribution in [2.24, 2.45) is 11.8 Å². The highest BCUT2D eigenvalue weighted by molar-refractivity contribution is 8.10. The minimum Gasteiger partial charge on any atom is -0.497 e. The molecule has 0 atom stereocenters. The zero-order valence-electron chi connectivity index (χ0n) is 22.9. The number of methoxy groups -OCH3 is 2. The molecular weight excluding hydrogens is 586 g/mol. The van der Waals surface area contributed by atoms with Crippen LogP contribution in [0, 0.1) is 11.8 Å². The van der Waals surface area contributed by atoms with Gasteiger partial charge < -0.3 is 14.5 Å². The van der Waals surface area contributed by atoms with Gasteiger partial charge in [0.1, 0.15) is 11.5 Å². The monoisotopic (exact) mass is 615 g/mol. The number of benzene rings is 2. The number of aromatic nitrogens is 4. The molecule has 2 aliphatic carbocycles. The van der Waals surface area contributed by atoms with Crippen LogP contribution in [0.1, 0.15) is 25.7 Å². The molecule has 13 nitrogen and oxygen atoms in total. The summed E-state index contributed by atoms with van der Waals surface area (Å²) >= 11 is 0. The summed E-state index contributed by atoms with van der Waals surface area (Å²) in [4.78, 5) is 33.2. The van der Waals surface area contributed by atoms with Gasteiger partial charge in [-0.2, -0.15) is 21.8 Å². The number of rotatable bonds is 11. The van der Waals surface area contributed by atoms with E-state index in [2.05, 4.69) is 9.97 Å². The number of hydrogen-bond acceptors (Lipinski definition) is 9. The molecule has 0 unspecified atom stereocenters. The zero-order chi connectivity index (χ0) is 29.8. The van der Waals surface area contributed by atoms with Gasteiger partial charge in [0.15, 0.2) is 11.2 Å². The standard InChI is InChI=1S/C27H29N5O8S2/c1-39-19-7-11-21(12-8-19)41(35,36)32(42(37,38)22-13-9-20(40-2)10-14-22)26-28-23-24(29-26)30(15-17-3-4-17)27(34)31(25(23)33)16-18-5-6-18/h7-14,17-18H,3-6,15-16H2,1-2H3,(H,28,29). The fourth-order valence-electron chi connectivity index (χ4n) is 4.73. The second-order valence-electron chi connectivity index (χ2n) is 10.5. The first-order chi connectivity index (χ1) is 20.0. The molecule has 0 aliphatic heterocycles. The average molecular weight is 616 g/mol. The molecule has 15 heteroatoms. The van der Waals surface area contributed by atoms with Crippen LogP contribution in [0.4, 0.5) is 5.95 Å². The molecule has 0 amide bonds. The van der Waals surface area contributed by atoms with E-state index in [1.165, 1.54) is 67.3 Å². The Morgan fingerprint density at radius 2 is 1.24 bits per heavy atom. The number of hydrogen-bond donors (Lipinski definition) is 1. The smallest absolute Gasteiger partial charge is 0.332 e. The van der Waals surface area contributed by atoms with E-state index in [0.717, 1.165) is 30.3 Å². The van der Waals surface area contributed by atoms with Gasteiger partial charge in [-0.3, -0.25) is 13.9 Å². The van der Waals surface area contributed by atoms with Crippen LogP contribution >= 0.6 is 0 Å². The highest BCUT2D eigenvalue weighted by Gasteiger charge is 2.40. The van der Waals surface area contributed by atoms with Gasteiger partial charge >= 0.3 is 5.69 Å². The summed E-state index contributed by atoms with van der Waals surface area (Å²) in [6.07, 6.45) is 3.59. The molecule has 4 aromatic rings. The van der Waals surface area contributed by atoms with Gasteiger partial charge in [0.2, 0.25) is 5.95 Å². The Balaban J connectivity index is 1.58. The van der Waals surface area contributed by atoms with Crippen molar-refractivity contribution in [3.63, 3.8) is 0 Å². The number of aromatic amines is 1. The summed E-state index contributed by atoms with van der Waals surface area (Å²) in [6.45, 7) is 0.506. The first kappa shape index (κ1) is 28.0. The first-order valence-electron chi connectivity index (χ1n) is 13.4. The maximum Gasteiger partial charge on any atom is 0.332 e. The molecule has 2 aliphatic rings. The number of sulfonamides is 2. The third-order valence-corrected chi connectivity index (χ3v) is 11.6. The highest BCUT2D eigenvalue weighted by Crippen LogP contribution is 2.34. The normalized spacial score (nSPS) is 15.6. The number of imidazole rings is 1. The van der Waals surface area contributed by atoms with Crippen molar-refractivity contribution >= 4 is 37.2 Å². The number of H-pyrrole nitrogens is 1. The van der Waals surface area contributed by atoms with Crippen LogP contribution in [0.15, 0.2) is 67.9 Å². The summed E-state index contributed by atoms with van der Waals surface area (Å²) in [5.74, 6) is 0.499. The Morgan fingerprint density at radius 1 is 0.786 bits per heavy atom. The molecular formula is C27H29N5O8S2. The van der Waals surface area contributed by atoms with Crippen molar-refractivity contribution in [2.75, 3.05) is 17.9 Å². The van der Waals surface area contributed by atoms with E-state index in [1.807, 2.05) is 0 Å². The Kier molecular flexibility index (Phi) is 6.88. The van der Waals surface area contributed by atoms with Crippen LogP contribution in [0.25, 0.3) is 11.2 Å². The van der Waals surface area contributed by atoms with Crippen molar-refractivity contribution in [1.29, 1.82) is 0 Å². The van der Waals surface area contributed by atoms with Crippen LogP contribution in [0.5, 0.6) is 11.5 Å². The van der Waals surface area contributed by atoms with E-state index in [4.69, 9.17) is 9.47 Å². The van der Waals surface area contributed by atoms with Crippen molar-refractivity contribution < 1.29 is 26.3 Å². The summed E-state index contributed by atoms with van der Waals surface area (Å²) in [6, 6.07) is 10.4. The maximum absolute atomic E-state index is 14.1. The molecule has 0 radical (unpaired) electrons. The van der Waals surface area contributed by atoms with Crippen LogP contribution in [-0.2, 0) is 33.1 Å². The Labute approximate surface area is 241 Å². The predicted octanol–water partition coefficient (Wildman–Crippen LogP) is 2.31. The van der Waals surface area contributed by atoms with Crippen LogP contribution < -0.4 is 24.4 Å². The highest BCUT2D eigenvalue weighted by atomic mass is 32.3. The largest absolute Gasteiger partial charge is 0.497 e. The van der Waals surface area contributed by atoms with Gasteiger partial charge in [-0.15, -0.1) is 3.71 Å². The van der Waals surface area contributed by atoms with Gasteiger partial charge in [-0.25, -0.2) is 4.79 Å². The summed E-state index contributed by atoms with van der Waals surface area (Å²) < 4.78 is 69.1. The molecule has 6 rings (SSSR count). The van der Waals surface area contributed by atoms with Crippen LogP contribution in [0.2, 0.25) is 0 Å². The lowest BCUT2D eigenvalue weighted by Gasteiger charge is -2.21. The van der Waals surface area contributed by atoms with E-state index in [0.29, 0.717) is 11.5 Å². The number of nitrogens with one attached hydrogen (secondary N) is 1. The van der Waals surface area contributed by atoms with Gasteiger partial charge in [0.05, 0.1) is 24.0 Å². The minimum atomic E-state index is -4.85. The third-order valence-electron chi connectivity index (χ3n) is 7.45. The lowest BCUT2D eigenvalue weighted by atomic mass is 10.3. The van der Waals surface area contributed by atoms with E-state index in [9.17, 15) is 26.4 Å². The van der Waals surface area contributed by atoms with E-state index in [-0.39, 0.29) is 49.6 Å². The number of nitrogens with zero attached hydrogens (tertiary/aromatic N) is 4. The Morgan fingerprint density at radius 3 is 1.67 bits per heavy atom. The number of ether oxygens (including phenoxy) is 2. The fourth-order valence-corrected chi connectivity index (χ4v) is 8.25. The SMILES string of the molecule is COc1ccc(S(=O)(=O)N(c2nc3c([nH]2)c(=O)n(CC2CC2)c(=O)n3CC2CC2)S(=O)(=O)c2ccc(OC)cc2)cc1. The van der Waals surface area contributed by atoms with E-state index in [1.54, 1.807) is 0 Å². The minimum absolute atomic E-state index is 0.0983. The van der Waals surface area contributed by atoms with Crippen molar-refractivity contribution in [1.82, 2.24) is 19.1 Å². The van der Waals surface area contributed by atoms with Gasteiger partial charge in [0.25, 0.3) is 25.6 Å². The first-order valence-corrected chi connectivity index (χ1v) is 16.2. The molecule has 2 fully saturated rings. The topological polar surface area (TPSA) is 163 Å². The van der Waals surface area contributed by atoms with Gasteiger partial charge in [0, 0.05) is 13.1 Å². The molecule has 0 bridgehead atoms. The quantitative estimate of drug-likeness (QED) is 0.267. The molecule has 0 spiro atoms.